The van der Waals surface area contributed by atoms with Gasteiger partial charge in [0.1, 0.15) is 11.4 Å². The first-order chi connectivity index (χ1) is 11.8. The highest BCUT2D eigenvalue weighted by Gasteiger charge is 2.30. The van der Waals surface area contributed by atoms with E-state index >= 15 is 0 Å². The number of carbonyl (C=O) groups is 1. The predicted octanol–water partition coefficient (Wildman–Crippen LogP) is 3.99. The van der Waals surface area contributed by atoms with Crippen LogP contribution in [-0.2, 0) is 5.54 Å². The summed E-state index contributed by atoms with van der Waals surface area (Å²) in [5.74, 6) is -0.654. The maximum absolute atomic E-state index is 13.3. The number of benzene rings is 1. The molecule has 0 fully saturated rings. The van der Waals surface area contributed by atoms with E-state index in [9.17, 15) is 13.6 Å². The highest BCUT2D eigenvalue weighted by atomic mass is 35.5. The number of hydrogen-bond donors (Lipinski definition) is 1. The molecule has 2 aromatic heterocycles. The summed E-state index contributed by atoms with van der Waals surface area (Å²) in [7, 11) is 0. The molecule has 3 aromatic rings. The fourth-order valence-electron chi connectivity index (χ4n) is 2.60. The molecule has 0 spiro atoms. The van der Waals surface area contributed by atoms with Gasteiger partial charge in [-0.3, -0.25) is 14.2 Å². The largest absolute Gasteiger partial charge is 0.342 e. The Labute approximate surface area is 147 Å². The molecule has 8 heteroatoms. The first-order valence-electron chi connectivity index (χ1n) is 7.48. The van der Waals surface area contributed by atoms with Crippen LogP contribution in [0.2, 0.25) is 5.02 Å². The first-order valence-corrected chi connectivity index (χ1v) is 7.86. The topological polar surface area (TPSA) is 59.3 Å². The molecule has 0 bridgehead atoms. The zero-order valence-corrected chi connectivity index (χ0v) is 14.3. The first kappa shape index (κ1) is 17.3. The molecular weight excluding hydrogens is 350 g/mol. The van der Waals surface area contributed by atoms with Crippen LogP contribution in [0, 0.1) is 0 Å². The van der Waals surface area contributed by atoms with Crippen molar-refractivity contribution in [2.45, 2.75) is 25.8 Å². The van der Waals surface area contributed by atoms with Gasteiger partial charge in [0.25, 0.3) is 12.3 Å². The van der Waals surface area contributed by atoms with Crippen LogP contribution in [0.5, 0.6) is 0 Å². The Bertz CT molecular complexity index is 939. The van der Waals surface area contributed by atoms with Crippen LogP contribution >= 0.6 is 11.6 Å². The van der Waals surface area contributed by atoms with Crippen LogP contribution in [0.15, 0.2) is 42.9 Å². The van der Waals surface area contributed by atoms with E-state index < -0.39 is 23.6 Å². The van der Waals surface area contributed by atoms with Gasteiger partial charge in [-0.2, -0.15) is 0 Å². The van der Waals surface area contributed by atoms with Crippen LogP contribution < -0.4 is 5.32 Å². The molecule has 0 aliphatic heterocycles. The molecule has 0 unspecified atom stereocenters. The molecule has 2 heterocycles. The molecule has 130 valence electrons. The Balaban J connectivity index is 2.01. The summed E-state index contributed by atoms with van der Waals surface area (Å²) >= 11 is 6.00. The fourth-order valence-corrected chi connectivity index (χ4v) is 2.79. The molecule has 0 atom stereocenters. The number of halogens is 3. The van der Waals surface area contributed by atoms with Crippen molar-refractivity contribution in [2.75, 3.05) is 0 Å². The Hall–Kier alpha value is -2.54. The summed E-state index contributed by atoms with van der Waals surface area (Å²) in [5.41, 5.74) is -0.667. The van der Waals surface area contributed by atoms with E-state index in [1.54, 1.807) is 38.1 Å². The number of nitrogens with one attached hydrogen (secondary N) is 1. The highest BCUT2D eigenvalue weighted by Crippen LogP contribution is 2.26. The summed E-state index contributed by atoms with van der Waals surface area (Å²) in [6, 6.07) is 7.00. The SMILES string of the molecule is CC(C)(NC(=O)c1c(C(F)F)nc2cnccn12)c1cccc(Cl)c1. The van der Waals surface area contributed by atoms with Crippen LogP contribution in [0.4, 0.5) is 8.78 Å². The van der Waals surface area contributed by atoms with Gasteiger partial charge in [0, 0.05) is 17.4 Å². The molecule has 3 rings (SSSR count). The second-order valence-corrected chi connectivity index (χ2v) is 6.48. The van der Waals surface area contributed by atoms with E-state index in [0.29, 0.717) is 5.02 Å². The predicted molar refractivity (Wildman–Crippen MR) is 89.9 cm³/mol. The monoisotopic (exact) mass is 364 g/mol. The molecule has 0 saturated heterocycles. The van der Waals surface area contributed by atoms with Crippen molar-refractivity contribution >= 4 is 23.2 Å². The average molecular weight is 365 g/mol. The molecular formula is C17H15ClF2N4O. The summed E-state index contributed by atoms with van der Waals surface area (Å²) in [6.07, 6.45) is 1.28. The zero-order valence-electron chi connectivity index (χ0n) is 13.5. The third-order valence-corrected chi connectivity index (χ3v) is 4.09. The highest BCUT2D eigenvalue weighted by molar-refractivity contribution is 6.30. The Kier molecular flexibility index (Phi) is 4.43. The third-order valence-electron chi connectivity index (χ3n) is 3.85. The normalized spacial score (nSPS) is 11.9. The Morgan fingerprint density at radius 1 is 1.36 bits per heavy atom. The van der Waals surface area contributed by atoms with Gasteiger partial charge in [-0.05, 0) is 31.5 Å². The lowest BCUT2D eigenvalue weighted by molar-refractivity contribution is 0.0890. The molecule has 5 nitrogen and oxygen atoms in total. The molecule has 0 aliphatic carbocycles. The lowest BCUT2D eigenvalue weighted by atomic mass is 9.94. The van der Waals surface area contributed by atoms with Crippen LogP contribution in [0.3, 0.4) is 0 Å². The third kappa shape index (κ3) is 3.32. The van der Waals surface area contributed by atoms with E-state index in [-0.39, 0.29) is 11.3 Å². The number of fused-ring (bicyclic) bond motifs is 1. The van der Waals surface area contributed by atoms with Gasteiger partial charge in [0.2, 0.25) is 0 Å². The number of carbonyl (C=O) groups excluding carboxylic acids is 1. The molecule has 0 radical (unpaired) electrons. The smallest absolute Gasteiger partial charge is 0.282 e. The number of amides is 1. The Morgan fingerprint density at radius 3 is 2.80 bits per heavy atom. The van der Waals surface area contributed by atoms with Crippen LogP contribution in [-0.4, -0.2) is 20.3 Å². The van der Waals surface area contributed by atoms with Gasteiger partial charge in [-0.25, -0.2) is 13.8 Å². The van der Waals surface area contributed by atoms with Gasteiger partial charge in [-0.1, -0.05) is 23.7 Å². The van der Waals surface area contributed by atoms with E-state index in [1.165, 1.54) is 23.0 Å². The minimum atomic E-state index is -2.88. The molecule has 25 heavy (non-hydrogen) atoms. The van der Waals surface area contributed by atoms with Crippen LogP contribution in [0.1, 0.15) is 42.0 Å². The summed E-state index contributed by atoms with van der Waals surface area (Å²) in [4.78, 5) is 20.4. The molecule has 0 aliphatic rings. The van der Waals surface area contributed by atoms with Gasteiger partial charge in [-0.15, -0.1) is 0 Å². The lowest BCUT2D eigenvalue weighted by Crippen LogP contribution is -2.41. The van der Waals surface area contributed by atoms with Crippen molar-refractivity contribution in [3.8, 4) is 0 Å². The minimum absolute atomic E-state index is 0.184. The van der Waals surface area contributed by atoms with E-state index in [1.807, 2.05) is 0 Å². The quantitative estimate of drug-likeness (QED) is 0.761. The average Bonchev–Trinajstić information content (AvgIpc) is 2.94. The minimum Gasteiger partial charge on any atom is -0.342 e. The molecule has 0 saturated carbocycles. The van der Waals surface area contributed by atoms with Gasteiger partial charge < -0.3 is 5.32 Å². The zero-order chi connectivity index (χ0) is 18.2. The van der Waals surface area contributed by atoms with Crippen molar-refractivity contribution in [1.29, 1.82) is 0 Å². The summed E-state index contributed by atoms with van der Waals surface area (Å²) in [6.45, 7) is 3.53. The van der Waals surface area contributed by atoms with Gasteiger partial charge in [0.05, 0.1) is 11.7 Å². The fraction of sp³-hybridized carbons (Fsp3) is 0.235. The maximum atomic E-state index is 13.3. The van der Waals surface area contributed by atoms with Crippen molar-refractivity contribution in [1.82, 2.24) is 19.7 Å². The summed E-state index contributed by atoms with van der Waals surface area (Å²) < 4.78 is 28.0. The number of alkyl halides is 2. The van der Waals surface area contributed by atoms with Gasteiger partial charge >= 0.3 is 0 Å². The summed E-state index contributed by atoms with van der Waals surface area (Å²) in [5, 5.41) is 3.30. The molecule has 1 N–H and O–H groups in total. The molecule has 1 aromatic carbocycles. The molecule has 1 amide bonds. The number of rotatable bonds is 4. The van der Waals surface area contributed by atoms with E-state index in [2.05, 4.69) is 15.3 Å². The number of nitrogens with zero attached hydrogens (tertiary/aromatic N) is 3. The van der Waals surface area contributed by atoms with Crippen molar-refractivity contribution < 1.29 is 13.6 Å². The standard InChI is InChI=1S/C17H15ClF2N4O/c1-17(2,10-4-3-5-11(18)8-10)23-16(25)14-13(15(19)20)22-12-9-21-6-7-24(12)14/h3-9,15H,1-2H3,(H,23,25). The maximum Gasteiger partial charge on any atom is 0.282 e. The lowest BCUT2D eigenvalue weighted by Gasteiger charge is -2.27. The van der Waals surface area contributed by atoms with Crippen molar-refractivity contribution in [2.24, 2.45) is 0 Å². The Morgan fingerprint density at radius 2 is 2.12 bits per heavy atom. The van der Waals surface area contributed by atoms with E-state index in [4.69, 9.17) is 11.6 Å². The van der Waals surface area contributed by atoms with Crippen molar-refractivity contribution in [3.63, 3.8) is 0 Å². The number of imidazole rings is 1. The second kappa shape index (κ2) is 6.40. The van der Waals surface area contributed by atoms with Crippen molar-refractivity contribution in [3.05, 3.63) is 64.8 Å². The van der Waals surface area contributed by atoms with E-state index in [0.717, 1.165) is 5.56 Å². The van der Waals surface area contributed by atoms with Crippen LogP contribution in [0.25, 0.3) is 5.65 Å². The number of aromatic nitrogens is 3. The number of hydrogen-bond acceptors (Lipinski definition) is 3. The van der Waals surface area contributed by atoms with Gasteiger partial charge in [0.15, 0.2) is 5.65 Å². The second-order valence-electron chi connectivity index (χ2n) is 6.04.